The maximum atomic E-state index is 12.8. The van der Waals surface area contributed by atoms with Gasteiger partial charge in [-0.3, -0.25) is 0 Å². The van der Waals surface area contributed by atoms with Crippen molar-refractivity contribution in [3.05, 3.63) is 119 Å². The second-order valence-corrected chi connectivity index (χ2v) is 11.4. The molecule has 4 aromatic carbocycles. The molecule has 0 heterocycles. The molecule has 224 valence electrons. The third-order valence-electron chi connectivity index (χ3n) is 8.66. The Hall–Kier alpha value is -5.11. The number of carbonyl (C=O) groups is 3. The molecule has 0 spiro atoms. The smallest absolute Gasteiger partial charge is 0.408 e. The molecule has 4 aromatic rings. The van der Waals surface area contributed by atoms with Gasteiger partial charge in [-0.2, -0.15) is 0 Å². The first-order valence-corrected chi connectivity index (χ1v) is 14.8. The first-order chi connectivity index (χ1) is 21.4. The number of fused-ring (bicyclic) bond motifs is 6. The lowest BCUT2D eigenvalue weighted by molar-refractivity contribution is -0.144. The molecule has 0 radical (unpaired) electrons. The molecule has 6 rings (SSSR count). The minimum absolute atomic E-state index is 0.0511. The summed E-state index contributed by atoms with van der Waals surface area (Å²) in [6.07, 6.45) is -0.998. The van der Waals surface area contributed by atoms with Crippen molar-refractivity contribution in [2.75, 3.05) is 19.8 Å². The van der Waals surface area contributed by atoms with Gasteiger partial charge in [0.15, 0.2) is 0 Å². The molecular formula is C36H34N2O6. The summed E-state index contributed by atoms with van der Waals surface area (Å²) >= 11 is 0. The van der Waals surface area contributed by atoms with Crippen LogP contribution in [0.2, 0.25) is 0 Å². The van der Waals surface area contributed by atoms with Gasteiger partial charge in [-0.15, -0.1) is 0 Å². The third kappa shape index (κ3) is 5.63. The van der Waals surface area contributed by atoms with Gasteiger partial charge in [0.1, 0.15) is 18.8 Å². The lowest BCUT2D eigenvalue weighted by Crippen LogP contribution is -2.52. The zero-order valence-electron chi connectivity index (χ0n) is 24.4. The minimum atomic E-state index is -1.58. The van der Waals surface area contributed by atoms with E-state index in [0.717, 1.165) is 44.5 Å². The molecule has 0 unspecified atom stereocenters. The van der Waals surface area contributed by atoms with Crippen LogP contribution in [-0.2, 0) is 14.3 Å². The van der Waals surface area contributed by atoms with Crippen molar-refractivity contribution < 1.29 is 29.0 Å². The fourth-order valence-electron chi connectivity index (χ4n) is 6.36. The van der Waals surface area contributed by atoms with Crippen LogP contribution in [0.3, 0.4) is 0 Å². The molecule has 44 heavy (non-hydrogen) atoms. The summed E-state index contributed by atoms with van der Waals surface area (Å²) in [5, 5.41) is 15.1. The average Bonchev–Trinajstić information content (AvgIpc) is 3.53. The SMILES string of the molecule is C[C@@](CCCNC(=O)OCC1c2ccccc2-c2ccccc21)(NC(=O)OCC1c2ccccc2-c2ccccc21)C(=O)O. The minimum Gasteiger partial charge on any atom is -0.480 e. The molecule has 2 amide bonds. The van der Waals surface area contributed by atoms with Crippen molar-refractivity contribution in [2.45, 2.75) is 37.1 Å². The number of ether oxygens (including phenoxy) is 2. The maximum Gasteiger partial charge on any atom is 0.408 e. The summed E-state index contributed by atoms with van der Waals surface area (Å²) in [6.45, 7) is 1.89. The van der Waals surface area contributed by atoms with E-state index in [1.807, 2.05) is 72.8 Å². The second-order valence-electron chi connectivity index (χ2n) is 11.4. The number of amides is 2. The highest BCUT2D eigenvalue weighted by molar-refractivity contribution is 5.84. The number of hydrogen-bond acceptors (Lipinski definition) is 5. The van der Waals surface area contributed by atoms with E-state index in [2.05, 4.69) is 34.9 Å². The predicted molar refractivity (Wildman–Crippen MR) is 167 cm³/mol. The van der Waals surface area contributed by atoms with Gasteiger partial charge in [0, 0.05) is 18.4 Å². The van der Waals surface area contributed by atoms with Crippen molar-refractivity contribution in [3.63, 3.8) is 0 Å². The normalized spacial score (nSPS) is 14.4. The fourth-order valence-corrected chi connectivity index (χ4v) is 6.36. The maximum absolute atomic E-state index is 12.8. The highest BCUT2D eigenvalue weighted by Gasteiger charge is 2.36. The molecule has 0 saturated carbocycles. The number of hydrogen-bond donors (Lipinski definition) is 3. The van der Waals surface area contributed by atoms with Crippen LogP contribution in [0.4, 0.5) is 9.59 Å². The number of carboxylic acid groups (broad SMARTS) is 1. The van der Waals surface area contributed by atoms with E-state index >= 15 is 0 Å². The molecule has 8 heteroatoms. The number of benzene rings is 4. The van der Waals surface area contributed by atoms with E-state index in [9.17, 15) is 19.5 Å². The molecule has 2 aliphatic rings. The van der Waals surface area contributed by atoms with E-state index in [-0.39, 0.29) is 38.0 Å². The molecule has 0 fully saturated rings. The fraction of sp³-hybridized carbons (Fsp3) is 0.250. The lowest BCUT2D eigenvalue weighted by Gasteiger charge is -2.26. The molecule has 0 aromatic heterocycles. The molecule has 8 nitrogen and oxygen atoms in total. The Balaban J connectivity index is 0.980. The average molecular weight is 591 g/mol. The highest BCUT2D eigenvalue weighted by atomic mass is 16.6. The monoisotopic (exact) mass is 590 g/mol. The van der Waals surface area contributed by atoms with Crippen molar-refractivity contribution in [1.29, 1.82) is 0 Å². The quantitative estimate of drug-likeness (QED) is 0.177. The molecule has 2 aliphatic carbocycles. The summed E-state index contributed by atoms with van der Waals surface area (Å²) < 4.78 is 11.1. The Kier molecular flexibility index (Phi) is 8.07. The Morgan fingerprint density at radius 3 is 1.45 bits per heavy atom. The van der Waals surface area contributed by atoms with E-state index in [4.69, 9.17) is 9.47 Å². The Morgan fingerprint density at radius 1 is 0.659 bits per heavy atom. The number of rotatable bonds is 10. The van der Waals surface area contributed by atoms with E-state index < -0.39 is 23.7 Å². The Labute approximate surface area is 256 Å². The van der Waals surface area contributed by atoms with E-state index in [1.165, 1.54) is 6.92 Å². The number of alkyl carbamates (subject to hydrolysis) is 2. The van der Waals surface area contributed by atoms with Crippen molar-refractivity contribution in [2.24, 2.45) is 0 Å². The predicted octanol–water partition coefficient (Wildman–Crippen LogP) is 6.69. The molecule has 3 N–H and O–H groups in total. The van der Waals surface area contributed by atoms with Gasteiger partial charge < -0.3 is 25.2 Å². The van der Waals surface area contributed by atoms with Crippen LogP contribution in [0, 0.1) is 0 Å². The zero-order chi connectivity index (χ0) is 30.7. The zero-order valence-corrected chi connectivity index (χ0v) is 24.4. The van der Waals surface area contributed by atoms with Gasteiger partial charge in [-0.05, 0) is 64.3 Å². The standard InChI is InChI=1S/C36H34N2O6/c1-36(33(39)40,38-35(42)44-22-32-29-17-8-4-13-25(29)26-14-5-9-18-30(26)32)19-10-20-37-34(41)43-21-31-27-15-6-2-11-23(27)24-12-3-7-16-28(24)31/h2-9,11-18,31-32H,10,19-22H2,1H3,(H,37,41)(H,38,42)(H,39,40)/t36-/m0/s1. The summed E-state index contributed by atoms with van der Waals surface area (Å²) in [4.78, 5) is 37.4. The largest absolute Gasteiger partial charge is 0.480 e. The van der Waals surface area contributed by atoms with Gasteiger partial charge in [-0.1, -0.05) is 97.1 Å². The van der Waals surface area contributed by atoms with E-state index in [1.54, 1.807) is 0 Å². The number of carbonyl (C=O) groups excluding carboxylic acids is 2. The van der Waals surface area contributed by atoms with Crippen molar-refractivity contribution in [3.8, 4) is 22.3 Å². The molecule has 1 atom stereocenters. The summed E-state index contributed by atoms with van der Waals surface area (Å²) in [5.41, 5.74) is 7.32. The van der Waals surface area contributed by atoms with Crippen LogP contribution in [0.25, 0.3) is 22.3 Å². The first kappa shape index (κ1) is 29.0. The molecule has 0 bridgehead atoms. The topological polar surface area (TPSA) is 114 Å². The Morgan fingerprint density at radius 2 is 1.05 bits per heavy atom. The van der Waals surface area contributed by atoms with Crippen LogP contribution in [0.1, 0.15) is 53.9 Å². The summed E-state index contributed by atoms with van der Waals surface area (Å²) in [5.74, 6) is -1.37. The molecular weight excluding hydrogens is 556 g/mol. The van der Waals surface area contributed by atoms with Crippen LogP contribution in [-0.4, -0.2) is 48.6 Å². The Bertz CT molecular complexity index is 1630. The second kappa shape index (κ2) is 12.2. The van der Waals surface area contributed by atoms with Crippen LogP contribution in [0.5, 0.6) is 0 Å². The van der Waals surface area contributed by atoms with Gasteiger partial charge in [-0.25, -0.2) is 14.4 Å². The van der Waals surface area contributed by atoms with Gasteiger partial charge >= 0.3 is 18.2 Å². The molecule has 0 saturated heterocycles. The molecule has 0 aliphatic heterocycles. The number of aliphatic carboxylic acids is 1. The lowest BCUT2D eigenvalue weighted by atomic mass is 9.96. The van der Waals surface area contributed by atoms with Crippen molar-refractivity contribution in [1.82, 2.24) is 10.6 Å². The summed E-state index contributed by atoms with van der Waals surface area (Å²) in [6, 6.07) is 32.2. The van der Waals surface area contributed by atoms with Gasteiger partial charge in [0.25, 0.3) is 0 Å². The third-order valence-corrected chi connectivity index (χ3v) is 8.66. The summed E-state index contributed by atoms with van der Waals surface area (Å²) in [7, 11) is 0. The number of nitrogens with one attached hydrogen (secondary N) is 2. The first-order valence-electron chi connectivity index (χ1n) is 14.8. The van der Waals surface area contributed by atoms with Crippen LogP contribution >= 0.6 is 0 Å². The van der Waals surface area contributed by atoms with Crippen LogP contribution in [0.15, 0.2) is 97.1 Å². The van der Waals surface area contributed by atoms with Gasteiger partial charge in [0.2, 0.25) is 0 Å². The van der Waals surface area contributed by atoms with Gasteiger partial charge in [0.05, 0.1) is 0 Å². The van der Waals surface area contributed by atoms with E-state index in [0.29, 0.717) is 6.42 Å². The highest BCUT2D eigenvalue weighted by Crippen LogP contribution is 2.45. The van der Waals surface area contributed by atoms with Crippen molar-refractivity contribution >= 4 is 18.2 Å². The van der Waals surface area contributed by atoms with Crippen LogP contribution < -0.4 is 10.6 Å². The number of carboxylic acids is 1.